The highest BCUT2D eigenvalue weighted by molar-refractivity contribution is 7.92. The normalized spacial score (nSPS) is 16.2. The third-order valence-electron chi connectivity index (χ3n) is 5.74. The standard InChI is InChI=1S/C23H22F3N3O5S2/c1-35(30,31)11-8-15-12-16(23(24,25)26)2-4-18(15)19-7-10-34-21-13-17(3-5-20(19)21)36(32,33)29-22-6-9-27-14-28-22/h2-6,9,12-14,19H,7-8,10-11H2,1H3,(H,27,28,29)/t19-/m1/s1. The molecule has 1 atom stereocenters. The van der Waals surface area contributed by atoms with Crippen LogP contribution in [0.4, 0.5) is 19.0 Å². The lowest BCUT2D eigenvalue weighted by atomic mass is 9.83. The number of sulfonamides is 1. The van der Waals surface area contributed by atoms with Gasteiger partial charge in [0.25, 0.3) is 10.0 Å². The van der Waals surface area contributed by atoms with Gasteiger partial charge < -0.3 is 4.74 Å². The van der Waals surface area contributed by atoms with Gasteiger partial charge >= 0.3 is 6.18 Å². The molecule has 1 N–H and O–H groups in total. The second kappa shape index (κ2) is 9.69. The second-order valence-corrected chi connectivity index (χ2v) is 12.3. The molecule has 1 aliphatic rings. The molecule has 0 radical (unpaired) electrons. The fourth-order valence-electron chi connectivity index (χ4n) is 4.04. The SMILES string of the molecule is CS(=O)(=O)CCc1cc(C(F)(F)F)ccc1[C@H]1CCOc2cc(S(=O)(=O)Nc3ccncn3)ccc21. The molecule has 2 heterocycles. The predicted octanol–water partition coefficient (Wildman–Crippen LogP) is 3.80. The van der Waals surface area contributed by atoms with E-state index in [0.717, 1.165) is 18.4 Å². The van der Waals surface area contributed by atoms with Gasteiger partial charge in [0.15, 0.2) is 0 Å². The van der Waals surface area contributed by atoms with E-state index >= 15 is 0 Å². The molecule has 4 rings (SSSR count). The van der Waals surface area contributed by atoms with Crippen molar-refractivity contribution >= 4 is 25.7 Å². The molecular weight excluding hydrogens is 519 g/mol. The van der Waals surface area contributed by atoms with E-state index in [9.17, 15) is 30.0 Å². The number of hydrogen-bond donors (Lipinski definition) is 1. The third-order valence-corrected chi connectivity index (χ3v) is 8.04. The molecule has 2 aromatic carbocycles. The zero-order valence-corrected chi connectivity index (χ0v) is 20.6. The Morgan fingerprint density at radius 1 is 1.06 bits per heavy atom. The van der Waals surface area contributed by atoms with Gasteiger partial charge in [-0.2, -0.15) is 13.2 Å². The average Bonchev–Trinajstić information content (AvgIpc) is 2.81. The van der Waals surface area contributed by atoms with Crippen LogP contribution in [0.2, 0.25) is 0 Å². The molecule has 192 valence electrons. The second-order valence-electron chi connectivity index (χ2n) is 8.38. The fraction of sp³-hybridized carbons (Fsp3) is 0.304. The third kappa shape index (κ3) is 5.95. The molecule has 3 aromatic rings. The number of aryl methyl sites for hydroxylation is 1. The lowest BCUT2D eigenvalue weighted by Crippen LogP contribution is -2.19. The Labute approximate surface area is 206 Å². The van der Waals surface area contributed by atoms with Gasteiger partial charge in [0.05, 0.1) is 22.8 Å². The summed E-state index contributed by atoms with van der Waals surface area (Å²) in [7, 11) is -7.41. The maximum atomic E-state index is 13.4. The van der Waals surface area contributed by atoms with Crippen LogP contribution < -0.4 is 9.46 Å². The first-order valence-corrected chi connectivity index (χ1v) is 14.3. The first-order chi connectivity index (χ1) is 16.8. The summed E-state index contributed by atoms with van der Waals surface area (Å²) >= 11 is 0. The minimum absolute atomic E-state index is 0.0785. The van der Waals surface area contributed by atoms with Crippen LogP contribution in [-0.4, -0.2) is 45.4 Å². The lowest BCUT2D eigenvalue weighted by molar-refractivity contribution is -0.137. The van der Waals surface area contributed by atoms with Gasteiger partial charge in [-0.25, -0.2) is 26.8 Å². The Morgan fingerprint density at radius 3 is 2.47 bits per heavy atom. The molecular formula is C23H22F3N3O5S2. The van der Waals surface area contributed by atoms with Crippen LogP contribution in [0, 0.1) is 0 Å². The number of aromatic nitrogens is 2. The summed E-state index contributed by atoms with van der Waals surface area (Å²) in [6.45, 7) is 0.201. The molecule has 36 heavy (non-hydrogen) atoms. The van der Waals surface area contributed by atoms with Gasteiger partial charge in [-0.3, -0.25) is 4.72 Å². The summed E-state index contributed by atoms with van der Waals surface area (Å²) in [5.41, 5.74) is 0.558. The van der Waals surface area contributed by atoms with Crippen LogP contribution >= 0.6 is 0 Å². The molecule has 8 nitrogen and oxygen atoms in total. The van der Waals surface area contributed by atoms with E-state index in [1.807, 2.05) is 0 Å². The van der Waals surface area contributed by atoms with E-state index in [2.05, 4.69) is 14.7 Å². The Bertz CT molecular complexity index is 1480. The van der Waals surface area contributed by atoms with Crippen molar-refractivity contribution in [2.24, 2.45) is 0 Å². The average molecular weight is 542 g/mol. The monoisotopic (exact) mass is 541 g/mol. The van der Waals surface area contributed by atoms with Gasteiger partial charge in [0.2, 0.25) is 0 Å². The minimum atomic E-state index is -4.58. The summed E-state index contributed by atoms with van der Waals surface area (Å²) in [5.74, 6) is -0.340. The molecule has 0 spiro atoms. The highest BCUT2D eigenvalue weighted by Gasteiger charge is 2.33. The van der Waals surface area contributed by atoms with E-state index in [1.165, 1.54) is 36.8 Å². The van der Waals surface area contributed by atoms with Crippen molar-refractivity contribution in [3.8, 4) is 5.75 Å². The Balaban J connectivity index is 1.71. The Kier molecular flexibility index (Phi) is 6.97. The number of nitrogens with one attached hydrogen (secondary N) is 1. The van der Waals surface area contributed by atoms with E-state index < -0.39 is 37.5 Å². The van der Waals surface area contributed by atoms with Gasteiger partial charge in [0.1, 0.15) is 27.7 Å². The first kappa shape index (κ1) is 25.9. The van der Waals surface area contributed by atoms with Crippen LogP contribution in [-0.2, 0) is 32.5 Å². The summed E-state index contributed by atoms with van der Waals surface area (Å²) in [6.07, 6.45) is -0.621. The van der Waals surface area contributed by atoms with E-state index in [-0.39, 0.29) is 40.8 Å². The summed E-state index contributed by atoms with van der Waals surface area (Å²) in [6, 6.07) is 9.01. The van der Waals surface area contributed by atoms with Crippen molar-refractivity contribution in [1.82, 2.24) is 9.97 Å². The fourth-order valence-corrected chi connectivity index (χ4v) is 5.66. The molecule has 0 aliphatic carbocycles. The molecule has 0 bridgehead atoms. The zero-order valence-electron chi connectivity index (χ0n) is 19.0. The molecule has 0 saturated carbocycles. The maximum Gasteiger partial charge on any atom is 0.416 e. The smallest absolute Gasteiger partial charge is 0.416 e. The number of benzene rings is 2. The van der Waals surface area contributed by atoms with Crippen molar-refractivity contribution in [1.29, 1.82) is 0 Å². The van der Waals surface area contributed by atoms with Crippen molar-refractivity contribution in [3.63, 3.8) is 0 Å². The van der Waals surface area contributed by atoms with Gasteiger partial charge in [-0.05, 0) is 48.2 Å². The number of nitrogens with zero attached hydrogens (tertiary/aromatic N) is 2. The van der Waals surface area contributed by atoms with Crippen LogP contribution in [0.3, 0.4) is 0 Å². The topological polar surface area (TPSA) is 115 Å². The van der Waals surface area contributed by atoms with E-state index in [0.29, 0.717) is 17.5 Å². The zero-order chi connectivity index (χ0) is 26.1. The maximum absolute atomic E-state index is 13.4. The number of anilines is 1. The largest absolute Gasteiger partial charge is 0.493 e. The van der Waals surface area contributed by atoms with Crippen LogP contribution in [0.5, 0.6) is 5.75 Å². The number of ether oxygens (including phenoxy) is 1. The number of fused-ring (bicyclic) bond motifs is 1. The number of halogens is 3. The van der Waals surface area contributed by atoms with Gasteiger partial charge in [-0.1, -0.05) is 12.1 Å². The summed E-state index contributed by atoms with van der Waals surface area (Å²) < 4.78 is 97.2. The number of rotatable bonds is 7. The molecule has 0 unspecified atom stereocenters. The van der Waals surface area contributed by atoms with E-state index in [1.54, 1.807) is 6.07 Å². The van der Waals surface area contributed by atoms with Crippen molar-refractivity contribution < 1.29 is 34.7 Å². The quantitative estimate of drug-likeness (QED) is 0.484. The predicted molar refractivity (Wildman–Crippen MR) is 126 cm³/mol. The number of sulfone groups is 1. The van der Waals surface area contributed by atoms with Crippen LogP contribution in [0.15, 0.2) is 59.9 Å². The number of hydrogen-bond acceptors (Lipinski definition) is 7. The van der Waals surface area contributed by atoms with Crippen molar-refractivity contribution in [3.05, 3.63) is 77.2 Å². The first-order valence-electron chi connectivity index (χ1n) is 10.8. The van der Waals surface area contributed by atoms with Gasteiger partial charge in [0, 0.05) is 30.0 Å². The Morgan fingerprint density at radius 2 is 1.81 bits per heavy atom. The molecule has 0 fully saturated rings. The van der Waals surface area contributed by atoms with E-state index in [4.69, 9.17) is 4.74 Å². The Hall–Kier alpha value is -3.19. The molecule has 1 aliphatic heterocycles. The minimum Gasteiger partial charge on any atom is -0.493 e. The molecule has 1 aromatic heterocycles. The van der Waals surface area contributed by atoms with Crippen LogP contribution in [0.1, 0.15) is 34.6 Å². The highest BCUT2D eigenvalue weighted by Crippen LogP contribution is 2.42. The lowest BCUT2D eigenvalue weighted by Gasteiger charge is -2.29. The highest BCUT2D eigenvalue weighted by atomic mass is 32.2. The molecule has 13 heteroatoms. The molecule has 0 saturated heterocycles. The summed E-state index contributed by atoms with van der Waals surface area (Å²) in [4.78, 5) is 7.50. The summed E-state index contributed by atoms with van der Waals surface area (Å²) in [5, 5.41) is 0. The number of alkyl halides is 3. The van der Waals surface area contributed by atoms with Crippen LogP contribution in [0.25, 0.3) is 0 Å². The van der Waals surface area contributed by atoms with Crippen molar-refractivity contribution in [2.45, 2.75) is 29.8 Å². The van der Waals surface area contributed by atoms with Crippen molar-refractivity contribution in [2.75, 3.05) is 23.3 Å². The molecule has 0 amide bonds. The van der Waals surface area contributed by atoms with Gasteiger partial charge in [-0.15, -0.1) is 0 Å².